The summed E-state index contributed by atoms with van der Waals surface area (Å²) in [7, 11) is 0. The van der Waals surface area contributed by atoms with E-state index in [1.807, 2.05) is 32.9 Å². The second-order valence-electron chi connectivity index (χ2n) is 7.88. The third-order valence-corrected chi connectivity index (χ3v) is 4.69. The van der Waals surface area contributed by atoms with Crippen LogP contribution in [0.3, 0.4) is 0 Å². The standard InChI is InChI=1S/C19H28N2O3/c1-19(2,3)24-18(23)21-10-6-8-14(12-21)20-17-15-9-5-4-7-13(15)11-16(17)22/h4-5,7,9,14,16-17,20,22H,6,8,10-12H2,1-3H3/t14?,16-,17+/m0/s1. The molecule has 0 bridgehead atoms. The SMILES string of the molecule is CC(C)(C)OC(=O)N1CCCC(N[C@@H]2c3ccccc3C[C@@H]2O)C1. The van der Waals surface area contributed by atoms with E-state index in [0.717, 1.165) is 19.4 Å². The zero-order valence-corrected chi connectivity index (χ0v) is 14.8. The van der Waals surface area contributed by atoms with E-state index < -0.39 is 11.7 Å². The summed E-state index contributed by atoms with van der Waals surface area (Å²) in [4.78, 5) is 14.1. The van der Waals surface area contributed by atoms with E-state index in [4.69, 9.17) is 4.74 Å². The molecule has 1 aromatic carbocycles. The maximum absolute atomic E-state index is 12.3. The van der Waals surface area contributed by atoms with Crippen molar-refractivity contribution in [3.05, 3.63) is 35.4 Å². The van der Waals surface area contributed by atoms with Crippen molar-refractivity contribution in [2.75, 3.05) is 13.1 Å². The third-order valence-electron chi connectivity index (χ3n) is 4.69. The van der Waals surface area contributed by atoms with Gasteiger partial charge in [-0.2, -0.15) is 0 Å². The molecule has 2 N–H and O–H groups in total. The molecule has 1 unspecified atom stereocenters. The molecule has 24 heavy (non-hydrogen) atoms. The lowest BCUT2D eigenvalue weighted by atomic mass is 10.0. The van der Waals surface area contributed by atoms with Crippen LogP contribution in [0.1, 0.15) is 50.8 Å². The number of piperidine rings is 1. The van der Waals surface area contributed by atoms with Gasteiger partial charge in [-0.15, -0.1) is 0 Å². The van der Waals surface area contributed by atoms with Gasteiger partial charge in [0.05, 0.1) is 12.1 Å². The number of hydrogen-bond acceptors (Lipinski definition) is 4. The van der Waals surface area contributed by atoms with Gasteiger partial charge in [-0.3, -0.25) is 0 Å². The molecule has 5 nitrogen and oxygen atoms in total. The molecule has 1 heterocycles. The molecule has 0 radical (unpaired) electrons. The van der Waals surface area contributed by atoms with E-state index in [-0.39, 0.29) is 18.2 Å². The Hall–Kier alpha value is -1.59. The van der Waals surface area contributed by atoms with Crippen molar-refractivity contribution >= 4 is 6.09 Å². The van der Waals surface area contributed by atoms with Gasteiger partial charge in [0.1, 0.15) is 5.60 Å². The Morgan fingerprint density at radius 2 is 2.08 bits per heavy atom. The highest BCUT2D eigenvalue weighted by Gasteiger charge is 2.34. The fraction of sp³-hybridized carbons (Fsp3) is 0.632. The van der Waals surface area contributed by atoms with Gasteiger partial charge >= 0.3 is 6.09 Å². The van der Waals surface area contributed by atoms with Crippen molar-refractivity contribution in [3.8, 4) is 0 Å². The lowest BCUT2D eigenvalue weighted by molar-refractivity contribution is 0.0174. The molecule has 0 saturated carbocycles. The maximum atomic E-state index is 12.3. The van der Waals surface area contributed by atoms with Crippen molar-refractivity contribution in [2.45, 2.75) is 63.8 Å². The van der Waals surface area contributed by atoms with Crippen molar-refractivity contribution < 1.29 is 14.6 Å². The molecule has 1 aliphatic carbocycles. The summed E-state index contributed by atoms with van der Waals surface area (Å²) in [5.41, 5.74) is 1.92. The molecule has 1 fully saturated rings. The van der Waals surface area contributed by atoms with Crippen molar-refractivity contribution in [1.82, 2.24) is 10.2 Å². The predicted octanol–water partition coefficient (Wildman–Crippen LogP) is 2.63. The summed E-state index contributed by atoms with van der Waals surface area (Å²) in [6.07, 6.45) is 1.99. The quantitative estimate of drug-likeness (QED) is 0.874. The summed E-state index contributed by atoms with van der Waals surface area (Å²) in [5.74, 6) is 0. The number of ether oxygens (including phenoxy) is 1. The highest BCUT2D eigenvalue weighted by molar-refractivity contribution is 5.68. The largest absolute Gasteiger partial charge is 0.444 e. The minimum Gasteiger partial charge on any atom is -0.444 e. The Kier molecular flexibility index (Phi) is 4.83. The maximum Gasteiger partial charge on any atom is 0.410 e. The average Bonchev–Trinajstić information content (AvgIpc) is 2.82. The van der Waals surface area contributed by atoms with E-state index in [9.17, 15) is 9.90 Å². The fourth-order valence-corrected chi connectivity index (χ4v) is 3.63. The van der Waals surface area contributed by atoms with Crippen LogP contribution in [0, 0.1) is 0 Å². The minimum atomic E-state index is -0.474. The molecule has 0 spiro atoms. The van der Waals surface area contributed by atoms with Gasteiger partial charge < -0.3 is 20.1 Å². The van der Waals surface area contributed by atoms with Crippen LogP contribution in [0.5, 0.6) is 0 Å². The number of aliphatic hydroxyl groups is 1. The number of carbonyl (C=O) groups is 1. The molecule has 1 saturated heterocycles. The number of hydrogen-bond donors (Lipinski definition) is 2. The van der Waals surface area contributed by atoms with E-state index in [2.05, 4.69) is 17.4 Å². The Morgan fingerprint density at radius 1 is 1.33 bits per heavy atom. The topological polar surface area (TPSA) is 61.8 Å². The van der Waals surface area contributed by atoms with Crippen LogP contribution in [-0.2, 0) is 11.2 Å². The summed E-state index contributed by atoms with van der Waals surface area (Å²) in [6.45, 7) is 7.01. The molecule has 0 aromatic heterocycles. The van der Waals surface area contributed by atoms with E-state index in [0.29, 0.717) is 13.0 Å². The molecule has 2 aliphatic rings. The van der Waals surface area contributed by atoms with Gasteiger partial charge in [-0.05, 0) is 44.7 Å². The monoisotopic (exact) mass is 332 g/mol. The number of carbonyl (C=O) groups excluding carboxylic acids is 1. The van der Waals surface area contributed by atoms with Crippen LogP contribution in [0.25, 0.3) is 0 Å². The molecule has 3 rings (SSSR count). The smallest absolute Gasteiger partial charge is 0.410 e. The Labute approximate surface area is 144 Å². The van der Waals surface area contributed by atoms with Crippen LogP contribution >= 0.6 is 0 Å². The van der Waals surface area contributed by atoms with Crippen LogP contribution < -0.4 is 5.32 Å². The van der Waals surface area contributed by atoms with Crippen molar-refractivity contribution in [1.29, 1.82) is 0 Å². The molecule has 1 aliphatic heterocycles. The van der Waals surface area contributed by atoms with E-state index in [1.54, 1.807) is 4.90 Å². The van der Waals surface area contributed by atoms with Crippen LogP contribution in [0.2, 0.25) is 0 Å². The Balaban J connectivity index is 1.63. The zero-order chi connectivity index (χ0) is 17.3. The molecule has 3 atom stereocenters. The predicted molar refractivity (Wildman–Crippen MR) is 92.9 cm³/mol. The second kappa shape index (κ2) is 6.73. The van der Waals surface area contributed by atoms with Gasteiger partial charge in [0.25, 0.3) is 0 Å². The fourth-order valence-electron chi connectivity index (χ4n) is 3.63. The highest BCUT2D eigenvalue weighted by atomic mass is 16.6. The molecular formula is C19H28N2O3. The first kappa shape index (κ1) is 17.2. The van der Waals surface area contributed by atoms with Gasteiger partial charge in [0.15, 0.2) is 0 Å². The van der Waals surface area contributed by atoms with E-state index in [1.165, 1.54) is 11.1 Å². The van der Waals surface area contributed by atoms with Gasteiger partial charge in [0.2, 0.25) is 0 Å². The Morgan fingerprint density at radius 3 is 2.83 bits per heavy atom. The summed E-state index contributed by atoms with van der Waals surface area (Å²) >= 11 is 0. The molecule has 1 aromatic rings. The molecule has 1 amide bonds. The number of fused-ring (bicyclic) bond motifs is 1. The minimum absolute atomic E-state index is 0.0511. The number of aliphatic hydroxyl groups excluding tert-OH is 1. The first-order valence-corrected chi connectivity index (χ1v) is 8.83. The number of nitrogens with zero attached hydrogens (tertiary/aromatic N) is 1. The van der Waals surface area contributed by atoms with Gasteiger partial charge in [0, 0.05) is 25.6 Å². The van der Waals surface area contributed by atoms with Gasteiger partial charge in [-0.1, -0.05) is 24.3 Å². The normalized spacial score (nSPS) is 27.0. The van der Waals surface area contributed by atoms with Gasteiger partial charge in [-0.25, -0.2) is 4.79 Å². The van der Waals surface area contributed by atoms with Crippen molar-refractivity contribution in [2.24, 2.45) is 0 Å². The number of nitrogens with one attached hydrogen (secondary N) is 1. The molecule has 132 valence electrons. The van der Waals surface area contributed by atoms with Crippen LogP contribution in [-0.4, -0.2) is 46.9 Å². The summed E-state index contributed by atoms with van der Waals surface area (Å²) in [6, 6.07) is 8.31. The first-order chi connectivity index (χ1) is 11.3. The highest BCUT2D eigenvalue weighted by Crippen LogP contribution is 2.32. The number of rotatable bonds is 2. The molecular weight excluding hydrogens is 304 g/mol. The van der Waals surface area contributed by atoms with E-state index >= 15 is 0 Å². The molecule has 5 heteroatoms. The lowest BCUT2D eigenvalue weighted by Gasteiger charge is -2.36. The van der Waals surface area contributed by atoms with Crippen LogP contribution in [0.4, 0.5) is 4.79 Å². The van der Waals surface area contributed by atoms with Crippen molar-refractivity contribution in [3.63, 3.8) is 0 Å². The van der Waals surface area contributed by atoms with Crippen LogP contribution in [0.15, 0.2) is 24.3 Å². The summed E-state index contributed by atoms with van der Waals surface area (Å²) in [5, 5.41) is 14.0. The summed E-state index contributed by atoms with van der Waals surface area (Å²) < 4.78 is 5.48. The lowest BCUT2D eigenvalue weighted by Crippen LogP contribution is -2.51. The average molecular weight is 332 g/mol. The zero-order valence-electron chi connectivity index (χ0n) is 14.8. The number of amides is 1. The first-order valence-electron chi connectivity index (χ1n) is 8.83. The third kappa shape index (κ3) is 3.90. The number of benzene rings is 1. The number of likely N-dealkylation sites (tertiary alicyclic amines) is 1. The second-order valence-corrected chi connectivity index (χ2v) is 7.88. The Bertz CT molecular complexity index is 597.